The number of ether oxygens (including phenoxy) is 1. The molecule has 0 bridgehead atoms. The van der Waals surface area contributed by atoms with Crippen molar-refractivity contribution < 1.29 is 21.6 Å². The predicted octanol–water partition coefficient (Wildman–Crippen LogP) is 1.83. The summed E-state index contributed by atoms with van der Waals surface area (Å²) in [6, 6.07) is 14.2. The van der Waals surface area contributed by atoms with Crippen molar-refractivity contribution in [1.82, 2.24) is 9.80 Å². The summed E-state index contributed by atoms with van der Waals surface area (Å²) in [7, 11) is -5.10. The standard InChI is InChI=1S/C15H21N3O3S.C14H19N3O2S/c1-21-11-10-17-6-8-18(9-7-17)14-4-3-5-15(13(14)12-16)22(2,19)20;1-3-16-7-9-17(10-8-16)13-5-4-6-14(12(13)11-15)20(2,18)19/h3-5H,6-11H2,1-2H3;4-6H,3,7-10H2,1-2H3. The summed E-state index contributed by atoms with van der Waals surface area (Å²) in [6.45, 7) is 11.5. The third-order valence-corrected chi connectivity index (χ3v) is 9.79. The quantitative estimate of drug-likeness (QED) is 0.429. The van der Waals surface area contributed by atoms with Gasteiger partial charge >= 0.3 is 0 Å². The van der Waals surface area contributed by atoms with Crippen molar-refractivity contribution in [2.45, 2.75) is 16.7 Å². The van der Waals surface area contributed by atoms with Gasteiger partial charge in [-0.15, -0.1) is 0 Å². The Kier molecular flexibility index (Phi) is 11.7. The summed E-state index contributed by atoms with van der Waals surface area (Å²) < 4.78 is 52.3. The van der Waals surface area contributed by atoms with Crippen LogP contribution in [0.4, 0.5) is 11.4 Å². The zero-order valence-corrected chi connectivity index (χ0v) is 26.4. The van der Waals surface area contributed by atoms with Gasteiger partial charge in [-0.2, -0.15) is 10.5 Å². The van der Waals surface area contributed by atoms with Crippen LogP contribution >= 0.6 is 0 Å². The van der Waals surface area contributed by atoms with Crippen molar-refractivity contribution in [1.29, 1.82) is 10.5 Å². The van der Waals surface area contributed by atoms with Gasteiger partial charge < -0.3 is 19.4 Å². The number of sulfone groups is 2. The number of piperazine rings is 2. The third kappa shape index (κ3) is 8.43. The molecule has 2 saturated heterocycles. The minimum atomic E-state index is -3.41. The molecule has 228 valence electrons. The number of hydrogen-bond acceptors (Lipinski definition) is 11. The van der Waals surface area contributed by atoms with E-state index in [9.17, 15) is 27.4 Å². The first kappa shape index (κ1) is 33.3. The van der Waals surface area contributed by atoms with Gasteiger partial charge in [-0.3, -0.25) is 4.90 Å². The van der Waals surface area contributed by atoms with Crippen LogP contribution in [0.1, 0.15) is 18.1 Å². The van der Waals surface area contributed by atoms with E-state index in [0.717, 1.165) is 83.6 Å². The van der Waals surface area contributed by atoms with E-state index >= 15 is 0 Å². The Balaban J connectivity index is 0.000000231. The van der Waals surface area contributed by atoms with Crippen LogP contribution in [0.3, 0.4) is 0 Å². The zero-order chi connectivity index (χ0) is 30.9. The molecule has 2 aromatic carbocycles. The lowest BCUT2D eigenvalue weighted by molar-refractivity contribution is 0.144. The van der Waals surface area contributed by atoms with Crippen molar-refractivity contribution in [2.24, 2.45) is 0 Å². The van der Waals surface area contributed by atoms with Crippen LogP contribution in [-0.4, -0.2) is 118 Å². The van der Waals surface area contributed by atoms with Crippen LogP contribution < -0.4 is 9.80 Å². The molecule has 0 spiro atoms. The molecule has 0 aliphatic carbocycles. The van der Waals surface area contributed by atoms with Gasteiger partial charge in [0.25, 0.3) is 0 Å². The first-order valence-corrected chi connectivity index (χ1v) is 17.6. The highest BCUT2D eigenvalue weighted by atomic mass is 32.2. The number of benzene rings is 2. The molecule has 11 nitrogen and oxygen atoms in total. The van der Waals surface area contributed by atoms with Crippen LogP contribution in [0.25, 0.3) is 0 Å². The number of hydrogen-bond donors (Lipinski definition) is 0. The highest BCUT2D eigenvalue weighted by Gasteiger charge is 2.24. The molecule has 0 amide bonds. The molecule has 2 fully saturated rings. The summed E-state index contributed by atoms with van der Waals surface area (Å²) >= 11 is 0. The lowest BCUT2D eigenvalue weighted by Crippen LogP contribution is -2.47. The molecule has 0 aromatic heterocycles. The lowest BCUT2D eigenvalue weighted by atomic mass is 10.1. The monoisotopic (exact) mass is 616 g/mol. The average molecular weight is 617 g/mol. The van der Waals surface area contributed by atoms with E-state index in [-0.39, 0.29) is 20.9 Å². The highest BCUT2D eigenvalue weighted by molar-refractivity contribution is 7.91. The number of rotatable bonds is 8. The fraction of sp³-hybridized carbons (Fsp3) is 0.517. The zero-order valence-electron chi connectivity index (χ0n) is 24.8. The Morgan fingerprint density at radius 1 is 0.714 bits per heavy atom. The molecule has 2 heterocycles. The molecule has 2 aliphatic rings. The normalized spacial score (nSPS) is 16.7. The Hall–Kier alpha value is -3.20. The minimum absolute atomic E-state index is 0.106. The van der Waals surface area contributed by atoms with Gasteiger partial charge in [-0.1, -0.05) is 19.1 Å². The summed E-state index contributed by atoms with van der Waals surface area (Å²) in [4.78, 5) is 9.04. The topological polar surface area (TPSA) is 138 Å². The summed E-state index contributed by atoms with van der Waals surface area (Å²) in [5.41, 5.74) is 1.94. The minimum Gasteiger partial charge on any atom is -0.383 e. The second-order valence-corrected chi connectivity index (χ2v) is 14.3. The van der Waals surface area contributed by atoms with E-state index in [4.69, 9.17) is 4.74 Å². The third-order valence-electron chi connectivity index (χ3n) is 7.52. The first-order chi connectivity index (χ1) is 19.9. The predicted molar refractivity (Wildman–Crippen MR) is 163 cm³/mol. The largest absolute Gasteiger partial charge is 0.383 e. The Morgan fingerprint density at radius 3 is 1.45 bits per heavy atom. The molecular formula is C29H40N6O5S2. The van der Waals surface area contributed by atoms with Crippen LogP contribution in [0.2, 0.25) is 0 Å². The lowest BCUT2D eigenvalue weighted by Gasteiger charge is -2.36. The van der Waals surface area contributed by atoms with Crippen molar-refractivity contribution in [3.05, 3.63) is 47.5 Å². The summed E-state index contributed by atoms with van der Waals surface area (Å²) in [5.74, 6) is 0. The van der Waals surface area contributed by atoms with Gasteiger partial charge in [-0.25, -0.2) is 16.8 Å². The van der Waals surface area contributed by atoms with Crippen LogP contribution in [0.5, 0.6) is 0 Å². The van der Waals surface area contributed by atoms with Gasteiger partial charge in [0.1, 0.15) is 12.1 Å². The Labute approximate surface area is 250 Å². The fourth-order valence-corrected chi connectivity index (χ4v) is 6.84. The van der Waals surface area contributed by atoms with Gasteiger partial charge in [0.05, 0.1) is 38.9 Å². The fourth-order valence-electron chi connectivity index (χ4n) is 5.15. The number of methoxy groups -OCH3 is 1. The molecule has 13 heteroatoms. The Morgan fingerprint density at radius 2 is 1.12 bits per heavy atom. The van der Waals surface area contributed by atoms with Crippen LogP contribution in [0.15, 0.2) is 46.2 Å². The van der Waals surface area contributed by atoms with E-state index in [1.807, 2.05) is 12.1 Å². The maximum atomic E-state index is 11.8. The molecule has 2 aromatic rings. The van der Waals surface area contributed by atoms with Crippen molar-refractivity contribution >= 4 is 31.0 Å². The van der Waals surface area contributed by atoms with Crippen molar-refractivity contribution in [3.8, 4) is 12.1 Å². The number of anilines is 2. The number of nitrogens with zero attached hydrogens (tertiary/aromatic N) is 6. The van der Waals surface area contributed by atoms with Crippen molar-refractivity contribution in [3.63, 3.8) is 0 Å². The molecule has 0 atom stereocenters. The van der Waals surface area contributed by atoms with E-state index in [1.165, 1.54) is 12.1 Å². The van der Waals surface area contributed by atoms with E-state index in [1.54, 1.807) is 19.2 Å². The maximum Gasteiger partial charge on any atom is 0.176 e. The SMILES string of the molecule is CCN1CCN(c2cccc(S(C)(=O)=O)c2C#N)CC1.COCCN1CCN(c2cccc(S(C)(=O)=O)c2C#N)CC1. The number of nitriles is 2. The average Bonchev–Trinajstić information content (AvgIpc) is 2.99. The first-order valence-electron chi connectivity index (χ1n) is 13.8. The molecule has 0 saturated carbocycles. The van der Waals surface area contributed by atoms with Gasteiger partial charge in [0.15, 0.2) is 19.7 Å². The molecule has 4 rings (SSSR count). The highest BCUT2D eigenvalue weighted by Crippen LogP contribution is 2.28. The maximum absolute atomic E-state index is 11.8. The molecule has 42 heavy (non-hydrogen) atoms. The van der Waals surface area contributed by atoms with Crippen LogP contribution in [0, 0.1) is 22.7 Å². The van der Waals surface area contributed by atoms with E-state index in [2.05, 4.69) is 38.7 Å². The second-order valence-electron chi connectivity index (χ2n) is 10.3. The van der Waals surface area contributed by atoms with E-state index < -0.39 is 19.7 Å². The molecule has 0 N–H and O–H groups in total. The smallest absolute Gasteiger partial charge is 0.176 e. The molecule has 2 aliphatic heterocycles. The summed E-state index contributed by atoms with van der Waals surface area (Å²) in [6.07, 6.45) is 2.28. The summed E-state index contributed by atoms with van der Waals surface area (Å²) in [5, 5.41) is 18.7. The van der Waals surface area contributed by atoms with E-state index in [0.29, 0.717) is 12.3 Å². The number of likely N-dealkylation sites (N-methyl/N-ethyl adjacent to an activating group) is 1. The van der Waals surface area contributed by atoms with Gasteiger partial charge in [0, 0.05) is 78.5 Å². The van der Waals surface area contributed by atoms with Crippen molar-refractivity contribution in [2.75, 3.05) is 101 Å². The molecule has 0 radical (unpaired) electrons. The Bertz CT molecular complexity index is 1520. The van der Waals surface area contributed by atoms with Gasteiger partial charge in [-0.05, 0) is 30.8 Å². The molecular weight excluding hydrogens is 576 g/mol. The molecule has 0 unspecified atom stereocenters. The van der Waals surface area contributed by atoms with Crippen LogP contribution in [-0.2, 0) is 24.4 Å². The second kappa shape index (κ2) is 14.8. The van der Waals surface area contributed by atoms with Gasteiger partial charge in [0.2, 0.25) is 0 Å².